The van der Waals surface area contributed by atoms with Crippen LogP contribution in [0.25, 0.3) is 10.8 Å². The molecular formula is C15H12ClNO2S2. The molecule has 0 unspecified atom stereocenters. The highest BCUT2D eigenvalue weighted by atomic mass is 35.5. The quantitative estimate of drug-likeness (QED) is 0.711. The molecule has 3 aromatic rings. The zero-order valence-corrected chi connectivity index (χ0v) is 13.5. The fraction of sp³-hybridized carbons (Fsp3) is 0.0667. The number of sulfonamides is 1. The van der Waals surface area contributed by atoms with E-state index in [1.807, 2.05) is 36.4 Å². The largest absolute Gasteiger partial charge is 0.273 e. The van der Waals surface area contributed by atoms with Crippen LogP contribution in [0.5, 0.6) is 0 Å². The molecule has 0 aliphatic rings. The number of rotatable bonds is 3. The van der Waals surface area contributed by atoms with Gasteiger partial charge in [-0.2, -0.15) is 0 Å². The third-order valence-corrected chi connectivity index (χ3v) is 6.74. The summed E-state index contributed by atoms with van der Waals surface area (Å²) in [6, 6.07) is 16.5. The molecule has 0 spiro atoms. The number of thiophene rings is 1. The minimum Gasteiger partial charge on any atom is -0.269 e. The first-order chi connectivity index (χ1) is 9.98. The third kappa shape index (κ3) is 2.64. The highest BCUT2D eigenvalue weighted by Crippen LogP contribution is 2.31. The smallest absolute Gasteiger partial charge is 0.269 e. The van der Waals surface area contributed by atoms with Crippen LogP contribution in [0.1, 0.15) is 0 Å². The average molecular weight is 338 g/mol. The van der Waals surface area contributed by atoms with Gasteiger partial charge in [0.15, 0.2) is 0 Å². The van der Waals surface area contributed by atoms with Gasteiger partial charge in [0.2, 0.25) is 0 Å². The Hall–Kier alpha value is -1.56. The predicted molar refractivity (Wildman–Crippen MR) is 88.9 cm³/mol. The second kappa shape index (κ2) is 5.33. The van der Waals surface area contributed by atoms with Gasteiger partial charge >= 0.3 is 0 Å². The van der Waals surface area contributed by atoms with Gasteiger partial charge in [-0.3, -0.25) is 4.31 Å². The summed E-state index contributed by atoms with van der Waals surface area (Å²) in [4.78, 5) is 0. The second-order valence-electron chi connectivity index (χ2n) is 4.56. The number of fused-ring (bicyclic) bond motifs is 1. The molecule has 0 fully saturated rings. The van der Waals surface area contributed by atoms with Gasteiger partial charge in [-0.15, -0.1) is 11.3 Å². The summed E-state index contributed by atoms with van der Waals surface area (Å²) in [6.45, 7) is 0. The fourth-order valence-corrected chi connectivity index (χ4v) is 4.92. The Morgan fingerprint density at radius 2 is 1.71 bits per heavy atom. The minimum atomic E-state index is -3.57. The summed E-state index contributed by atoms with van der Waals surface area (Å²) in [7, 11) is -2.02. The monoisotopic (exact) mass is 337 g/mol. The van der Waals surface area contributed by atoms with Crippen LogP contribution in [0.4, 0.5) is 5.69 Å². The van der Waals surface area contributed by atoms with E-state index in [1.54, 1.807) is 19.2 Å². The van der Waals surface area contributed by atoms with Gasteiger partial charge in [-0.05, 0) is 35.0 Å². The van der Waals surface area contributed by atoms with Crippen LogP contribution >= 0.6 is 22.9 Å². The molecule has 0 N–H and O–H groups in total. The molecule has 0 aliphatic heterocycles. The molecule has 2 aromatic carbocycles. The molecule has 0 amide bonds. The van der Waals surface area contributed by atoms with Crippen LogP contribution in [0.15, 0.2) is 58.8 Å². The molecule has 0 saturated heterocycles. The van der Waals surface area contributed by atoms with Gasteiger partial charge in [0.25, 0.3) is 10.0 Å². The van der Waals surface area contributed by atoms with Crippen LogP contribution in [-0.2, 0) is 10.0 Å². The molecular weight excluding hydrogens is 326 g/mol. The highest BCUT2D eigenvalue weighted by molar-refractivity contribution is 7.94. The molecule has 6 heteroatoms. The van der Waals surface area contributed by atoms with Crippen molar-refractivity contribution in [1.82, 2.24) is 0 Å². The molecule has 1 aromatic heterocycles. The Morgan fingerprint density at radius 3 is 2.38 bits per heavy atom. The van der Waals surface area contributed by atoms with Crippen LogP contribution in [0, 0.1) is 0 Å². The summed E-state index contributed by atoms with van der Waals surface area (Å²) < 4.78 is 27.1. The second-order valence-corrected chi connectivity index (χ2v) is 8.47. The molecule has 0 bridgehead atoms. The Morgan fingerprint density at radius 1 is 1.00 bits per heavy atom. The van der Waals surface area contributed by atoms with Gasteiger partial charge in [-0.25, -0.2) is 8.42 Å². The summed E-state index contributed by atoms with van der Waals surface area (Å²) >= 11 is 6.89. The molecule has 0 aliphatic carbocycles. The highest BCUT2D eigenvalue weighted by Gasteiger charge is 2.23. The maximum atomic E-state index is 12.6. The Labute approximate surface area is 132 Å². The average Bonchev–Trinajstić information content (AvgIpc) is 2.93. The lowest BCUT2D eigenvalue weighted by Gasteiger charge is -2.18. The molecule has 0 saturated carbocycles. The maximum absolute atomic E-state index is 12.6. The van der Waals surface area contributed by atoms with E-state index in [0.29, 0.717) is 10.0 Å². The summed E-state index contributed by atoms with van der Waals surface area (Å²) in [6.07, 6.45) is 0. The first kappa shape index (κ1) is 14.4. The number of anilines is 1. The maximum Gasteiger partial charge on any atom is 0.273 e. The van der Waals surface area contributed by atoms with Crippen LogP contribution in [0.3, 0.4) is 0 Å². The topological polar surface area (TPSA) is 37.4 Å². The Kier molecular flexibility index (Phi) is 3.65. The number of halogens is 1. The van der Waals surface area contributed by atoms with Crippen molar-refractivity contribution >= 4 is 49.4 Å². The van der Waals surface area contributed by atoms with Gasteiger partial charge < -0.3 is 0 Å². The lowest BCUT2D eigenvalue weighted by molar-refractivity contribution is 0.596. The summed E-state index contributed by atoms with van der Waals surface area (Å²) in [5.74, 6) is 0. The summed E-state index contributed by atoms with van der Waals surface area (Å²) in [5, 5.41) is 2.08. The van der Waals surface area contributed by atoms with E-state index in [4.69, 9.17) is 11.6 Å². The molecule has 0 atom stereocenters. The summed E-state index contributed by atoms with van der Waals surface area (Å²) in [5.41, 5.74) is 0.623. The minimum absolute atomic E-state index is 0.239. The molecule has 0 radical (unpaired) electrons. The molecule has 3 rings (SSSR count). The van der Waals surface area contributed by atoms with E-state index in [9.17, 15) is 8.42 Å². The number of benzene rings is 2. The number of hydrogen-bond acceptors (Lipinski definition) is 3. The van der Waals surface area contributed by atoms with Crippen molar-refractivity contribution in [1.29, 1.82) is 0 Å². The SMILES string of the molecule is CN(c1ccc2ccccc2c1)S(=O)(=O)c1ccc(Cl)s1. The van der Waals surface area contributed by atoms with Crippen molar-refractivity contribution in [3.8, 4) is 0 Å². The van der Waals surface area contributed by atoms with E-state index in [0.717, 1.165) is 22.1 Å². The third-order valence-electron chi connectivity index (χ3n) is 3.26. The zero-order chi connectivity index (χ0) is 15.0. The zero-order valence-electron chi connectivity index (χ0n) is 11.2. The van der Waals surface area contributed by atoms with E-state index in [2.05, 4.69) is 0 Å². The van der Waals surface area contributed by atoms with Gasteiger partial charge in [-0.1, -0.05) is 41.9 Å². The van der Waals surface area contributed by atoms with Crippen molar-refractivity contribution in [3.63, 3.8) is 0 Å². The lowest BCUT2D eigenvalue weighted by Crippen LogP contribution is -2.25. The number of hydrogen-bond donors (Lipinski definition) is 0. The van der Waals surface area contributed by atoms with E-state index >= 15 is 0 Å². The van der Waals surface area contributed by atoms with Crippen molar-refractivity contribution in [3.05, 3.63) is 58.9 Å². The lowest BCUT2D eigenvalue weighted by atomic mass is 10.1. The fourth-order valence-electron chi connectivity index (χ4n) is 2.08. The normalized spacial score (nSPS) is 11.7. The van der Waals surface area contributed by atoms with Crippen molar-refractivity contribution in [2.75, 3.05) is 11.4 Å². The van der Waals surface area contributed by atoms with E-state index < -0.39 is 10.0 Å². The molecule has 108 valence electrons. The molecule has 3 nitrogen and oxygen atoms in total. The molecule has 1 heterocycles. The Balaban J connectivity index is 2.05. The van der Waals surface area contributed by atoms with Crippen LogP contribution in [-0.4, -0.2) is 15.5 Å². The van der Waals surface area contributed by atoms with Crippen molar-refractivity contribution in [2.45, 2.75) is 4.21 Å². The van der Waals surface area contributed by atoms with Gasteiger partial charge in [0.1, 0.15) is 4.21 Å². The van der Waals surface area contributed by atoms with Gasteiger partial charge in [0.05, 0.1) is 10.0 Å². The van der Waals surface area contributed by atoms with Crippen LogP contribution in [0.2, 0.25) is 4.34 Å². The van der Waals surface area contributed by atoms with E-state index in [1.165, 1.54) is 10.4 Å². The first-order valence-electron chi connectivity index (χ1n) is 6.21. The predicted octanol–water partition coefficient (Wildman–Crippen LogP) is 4.38. The first-order valence-corrected chi connectivity index (χ1v) is 8.85. The van der Waals surface area contributed by atoms with Gasteiger partial charge in [0, 0.05) is 7.05 Å². The standard InChI is InChI=1S/C15H12ClNO2S2/c1-17(21(18,19)15-9-8-14(16)20-15)13-7-6-11-4-2-3-5-12(11)10-13/h2-10H,1H3. The van der Waals surface area contributed by atoms with Crippen molar-refractivity contribution < 1.29 is 8.42 Å². The molecule has 21 heavy (non-hydrogen) atoms. The number of nitrogens with zero attached hydrogens (tertiary/aromatic N) is 1. The van der Waals surface area contributed by atoms with Crippen LogP contribution < -0.4 is 4.31 Å². The van der Waals surface area contributed by atoms with E-state index in [-0.39, 0.29) is 4.21 Å². The van der Waals surface area contributed by atoms with Crippen molar-refractivity contribution in [2.24, 2.45) is 0 Å². The Bertz CT molecular complexity index is 903.